The number of aromatic nitrogens is 1. The van der Waals surface area contributed by atoms with E-state index in [1.807, 2.05) is 30.5 Å². The standard InChI is InChI=1S/C15H17N3O2S/c1-11(18(20)15(16)19)4-5-13-6-7-14(21-13)9-12-3-2-8-17-10-12/h2-8,10-11,20H,9H2,1H3,(H2,16,19)/b5-4-/t11-/m1/s1. The molecule has 0 fully saturated rings. The number of urea groups is 1. The van der Waals surface area contributed by atoms with Crippen LogP contribution in [-0.4, -0.2) is 27.3 Å². The summed E-state index contributed by atoms with van der Waals surface area (Å²) >= 11 is 1.66. The van der Waals surface area contributed by atoms with Crippen molar-refractivity contribution in [3.05, 3.63) is 58.1 Å². The van der Waals surface area contributed by atoms with E-state index in [4.69, 9.17) is 5.73 Å². The van der Waals surface area contributed by atoms with Gasteiger partial charge in [0.05, 0.1) is 6.04 Å². The maximum absolute atomic E-state index is 10.8. The lowest BCUT2D eigenvalue weighted by Crippen LogP contribution is -2.38. The number of nitrogens with two attached hydrogens (primary N) is 1. The van der Waals surface area contributed by atoms with Crippen LogP contribution in [0.25, 0.3) is 6.08 Å². The molecule has 2 aromatic heterocycles. The monoisotopic (exact) mass is 303 g/mol. The molecule has 0 aromatic carbocycles. The lowest BCUT2D eigenvalue weighted by Gasteiger charge is -2.16. The summed E-state index contributed by atoms with van der Waals surface area (Å²) in [6.45, 7) is 1.69. The van der Waals surface area contributed by atoms with Gasteiger partial charge in [0.25, 0.3) is 0 Å². The summed E-state index contributed by atoms with van der Waals surface area (Å²) in [5.41, 5.74) is 6.16. The fourth-order valence-electron chi connectivity index (χ4n) is 1.80. The third kappa shape index (κ3) is 4.40. The highest BCUT2D eigenvalue weighted by Crippen LogP contribution is 2.21. The molecule has 21 heavy (non-hydrogen) atoms. The van der Waals surface area contributed by atoms with E-state index in [0.717, 1.165) is 11.3 Å². The molecule has 2 heterocycles. The Balaban J connectivity index is 1.98. The van der Waals surface area contributed by atoms with Gasteiger partial charge in [0.15, 0.2) is 0 Å². The van der Waals surface area contributed by atoms with Gasteiger partial charge in [-0.3, -0.25) is 10.2 Å². The molecule has 2 amide bonds. The van der Waals surface area contributed by atoms with Crippen molar-refractivity contribution >= 4 is 23.4 Å². The number of pyridine rings is 1. The van der Waals surface area contributed by atoms with E-state index in [-0.39, 0.29) is 0 Å². The van der Waals surface area contributed by atoms with Crippen LogP contribution in [0.4, 0.5) is 4.79 Å². The van der Waals surface area contributed by atoms with Gasteiger partial charge in [0, 0.05) is 28.6 Å². The minimum absolute atomic E-state index is 0.466. The summed E-state index contributed by atoms with van der Waals surface area (Å²) in [6, 6.07) is 6.70. The van der Waals surface area contributed by atoms with Crippen molar-refractivity contribution in [2.75, 3.05) is 0 Å². The smallest absolute Gasteiger partial charge is 0.339 e. The van der Waals surface area contributed by atoms with Crippen LogP contribution >= 0.6 is 11.3 Å². The van der Waals surface area contributed by atoms with Crippen LogP contribution in [-0.2, 0) is 6.42 Å². The molecule has 0 spiro atoms. The van der Waals surface area contributed by atoms with E-state index in [2.05, 4.69) is 11.1 Å². The maximum Gasteiger partial charge on any atom is 0.339 e. The summed E-state index contributed by atoms with van der Waals surface area (Å²) in [7, 11) is 0. The van der Waals surface area contributed by atoms with Crippen LogP contribution < -0.4 is 5.73 Å². The van der Waals surface area contributed by atoms with Crippen LogP contribution in [0.5, 0.6) is 0 Å². The first-order chi connectivity index (χ1) is 10.1. The summed E-state index contributed by atoms with van der Waals surface area (Å²) in [5, 5.41) is 9.88. The van der Waals surface area contributed by atoms with Gasteiger partial charge in [0.2, 0.25) is 0 Å². The zero-order valence-corrected chi connectivity index (χ0v) is 12.5. The van der Waals surface area contributed by atoms with E-state index in [1.165, 1.54) is 10.4 Å². The summed E-state index contributed by atoms with van der Waals surface area (Å²) in [5.74, 6) is 0. The molecular weight excluding hydrogens is 286 g/mol. The van der Waals surface area contributed by atoms with E-state index >= 15 is 0 Å². The number of amides is 2. The summed E-state index contributed by atoms with van der Waals surface area (Å²) in [6.07, 6.45) is 8.05. The Bertz CT molecular complexity index is 625. The Morgan fingerprint density at radius 2 is 2.33 bits per heavy atom. The SMILES string of the molecule is C[C@H](/C=C\c1ccc(Cc2cccnc2)s1)N(O)C(N)=O. The van der Waals surface area contributed by atoms with Gasteiger partial charge in [-0.2, -0.15) is 5.06 Å². The maximum atomic E-state index is 10.8. The molecule has 5 nitrogen and oxygen atoms in total. The predicted molar refractivity (Wildman–Crippen MR) is 83.1 cm³/mol. The molecule has 0 aliphatic rings. The molecule has 0 aliphatic carbocycles. The van der Waals surface area contributed by atoms with Crippen molar-refractivity contribution < 1.29 is 10.0 Å². The van der Waals surface area contributed by atoms with Gasteiger partial charge in [-0.05, 0) is 36.8 Å². The van der Waals surface area contributed by atoms with Gasteiger partial charge >= 0.3 is 6.03 Å². The lowest BCUT2D eigenvalue weighted by atomic mass is 10.2. The normalized spacial score (nSPS) is 12.5. The van der Waals surface area contributed by atoms with Crippen LogP contribution in [0.3, 0.4) is 0 Å². The molecule has 0 saturated carbocycles. The molecule has 0 saturated heterocycles. The number of thiophene rings is 1. The summed E-state index contributed by atoms with van der Waals surface area (Å²) in [4.78, 5) is 17.2. The molecule has 0 radical (unpaired) electrons. The molecule has 110 valence electrons. The third-order valence-electron chi connectivity index (χ3n) is 2.93. The van der Waals surface area contributed by atoms with Crippen molar-refractivity contribution in [2.45, 2.75) is 19.4 Å². The Labute approximate surface area is 127 Å². The second kappa shape index (κ2) is 7.01. The molecular formula is C15H17N3O2S. The third-order valence-corrected chi connectivity index (χ3v) is 3.98. The largest absolute Gasteiger partial charge is 0.350 e. The Morgan fingerprint density at radius 3 is 3.00 bits per heavy atom. The van der Waals surface area contributed by atoms with Crippen molar-refractivity contribution in [3.63, 3.8) is 0 Å². The number of carbonyl (C=O) groups is 1. The van der Waals surface area contributed by atoms with Crippen LogP contribution in [0.2, 0.25) is 0 Å². The van der Waals surface area contributed by atoms with Gasteiger partial charge in [-0.25, -0.2) is 4.79 Å². The first-order valence-electron chi connectivity index (χ1n) is 6.49. The molecule has 0 aliphatic heterocycles. The van der Waals surface area contributed by atoms with Gasteiger partial charge in [0.1, 0.15) is 0 Å². The fourth-order valence-corrected chi connectivity index (χ4v) is 2.76. The zero-order valence-electron chi connectivity index (χ0n) is 11.6. The average molecular weight is 303 g/mol. The topological polar surface area (TPSA) is 79.4 Å². The molecule has 3 N–H and O–H groups in total. The number of primary amides is 1. The quantitative estimate of drug-likeness (QED) is 0.658. The molecule has 0 unspecified atom stereocenters. The van der Waals surface area contributed by atoms with E-state index in [9.17, 15) is 10.0 Å². The van der Waals surface area contributed by atoms with Gasteiger partial charge < -0.3 is 5.73 Å². The first kappa shape index (κ1) is 15.2. The Morgan fingerprint density at radius 1 is 1.52 bits per heavy atom. The fraction of sp³-hybridized carbons (Fsp3) is 0.200. The molecule has 6 heteroatoms. The van der Waals surface area contributed by atoms with Crippen molar-refractivity contribution in [1.82, 2.24) is 10.0 Å². The van der Waals surface area contributed by atoms with E-state index in [0.29, 0.717) is 5.06 Å². The van der Waals surface area contributed by atoms with Crippen LogP contribution in [0.1, 0.15) is 22.2 Å². The highest BCUT2D eigenvalue weighted by Gasteiger charge is 2.11. The zero-order chi connectivity index (χ0) is 15.2. The average Bonchev–Trinajstić information content (AvgIpc) is 2.92. The second-order valence-corrected chi connectivity index (χ2v) is 5.82. The van der Waals surface area contributed by atoms with Crippen LogP contribution in [0.15, 0.2) is 42.7 Å². The van der Waals surface area contributed by atoms with Gasteiger partial charge in [-0.15, -0.1) is 11.3 Å². The number of hydrogen-bond donors (Lipinski definition) is 2. The first-order valence-corrected chi connectivity index (χ1v) is 7.31. The predicted octanol–water partition coefficient (Wildman–Crippen LogP) is 2.91. The van der Waals surface area contributed by atoms with E-state index in [1.54, 1.807) is 30.5 Å². The summed E-state index contributed by atoms with van der Waals surface area (Å²) < 4.78 is 0. The number of nitrogens with zero attached hydrogens (tertiary/aromatic N) is 2. The second-order valence-electron chi connectivity index (χ2n) is 4.62. The Hall–Kier alpha value is -2.18. The molecule has 1 atom stereocenters. The van der Waals surface area contributed by atoms with Crippen molar-refractivity contribution in [1.29, 1.82) is 0 Å². The number of hydroxylamine groups is 2. The lowest BCUT2D eigenvalue weighted by molar-refractivity contribution is -0.0560. The number of hydrogen-bond acceptors (Lipinski definition) is 4. The molecule has 2 aromatic rings. The van der Waals surface area contributed by atoms with E-state index < -0.39 is 12.1 Å². The Kier molecular flexibility index (Phi) is 5.08. The highest BCUT2D eigenvalue weighted by molar-refractivity contribution is 7.12. The number of rotatable bonds is 5. The van der Waals surface area contributed by atoms with Crippen molar-refractivity contribution in [3.8, 4) is 0 Å². The minimum Gasteiger partial charge on any atom is -0.350 e. The van der Waals surface area contributed by atoms with Crippen molar-refractivity contribution in [2.24, 2.45) is 5.73 Å². The minimum atomic E-state index is -0.865. The van der Waals surface area contributed by atoms with Crippen LogP contribution in [0, 0.1) is 0 Å². The highest BCUT2D eigenvalue weighted by atomic mass is 32.1. The molecule has 0 bridgehead atoms. The molecule has 2 rings (SSSR count). The number of carbonyl (C=O) groups excluding carboxylic acids is 1. The van der Waals surface area contributed by atoms with Gasteiger partial charge in [-0.1, -0.05) is 12.1 Å².